The van der Waals surface area contributed by atoms with E-state index in [1.165, 1.54) is 6.92 Å². The Labute approximate surface area is 81.3 Å². The van der Waals surface area contributed by atoms with E-state index in [1.54, 1.807) is 0 Å². The molecule has 0 bridgehead atoms. The highest BCUT2D eigenvalue weighted by molar-refractivity contribution is 5.34. The zero-order valence-corrected chi connectivity index (χ0v) is 7.93. The van der Waals surface area contributed by atoms with Gasteiger partial charge in [-0.3, -0.25) is 0 Å². The molecule has 0 spiro atoms. The van der Waals surface area contributed by atoms with Gasteiger partial charge >= 0.3 is 0 Å². The van der Waals surface area contributed by atoms with Crippen LogP contribution in [-0.4, -0.2) is 30.0 Å². The third-order valence-electron chi connectivity index (χ3n) is 2.28. The number of β-amino-alcohol motifs (C(OH)–C–C–N with tert-alkyl or cyclic N) is 1. The molecule has 0 aliphatic heterocycles. The summed E-state index contributed by atoms with van der Waals surface area (Å²) in [5.41, 5.74) is 3.96. The summed E-state index contributed by atoms with van der Waals surface area (Å²) in [5.74, 6) is -0.654. The van der Waals surface area contributed by atoms with Crippen LogP contribution in [0.3, 0.4) is 0 Å². The second-order valence-corrected chi connectivity index (χ2v) is 3.41. The maximum Gasteiger partial charge on any atom is 0.145 e. The molecular formula is C9H14F2N2O. The fraction of sp³-hybridized carbons (Fsp3) is 0.556. The fourth-order valence-electron chi connectivity index (χ4n) is 1.31. The highest BCUT2D eigenvalue weighted by Gasteiger charge is 2.39. The predicted molar refractivity (Wildman–Crippen MR) is 49.9 cm³/mol. The predicted octanol–water partition coefficient (Wildman–Crippen LogP) is 0.375. The normalized spacial score (nSPS) is 32.4. The minimum atomic E-state index is -1.53. The first kappa shape index (κ1) is 11.1. The first-order chi connectivity index (χ1) is 6.50. The number of hydrogen-bond donors (Lipinski definition) is 3. The van der Waals surface area contributed by atoms with Gasteiger partial charge in [0.05, 0.1) is 6.61 Å². The Morgan fingerprint density at radius 2 is 2.36 bits per heavy atom. The van der Waals surface area contributed by atoms with E-state index < -0.39 is 17.5 Å². The van der Waals surface area contributed by atoms with Crippen LogP contribution in [0.4, 0.5) is 8.78 Å². The van der Waals surface area contributed by atoms with Crippen molar-refractivity contribution in [3.05, 3.63) is 23.7 Å². The van der Waals surface area contributed by atoms with Crippen LogP contribution >= 0.6 is 0 Å². The average Bonchev–Trinajstić information content (AvgIpc) is 2.11. The Morgan fingerprint density at radius 3 is 2.86 bits per heavy atom. The standard InChI is InChI=1S/C9H14F2N2O/c1-9(13-2-3-14)7(10)4-6(12)5-8(9)11/h4-5,7,13-14H,2-3,12H2,1H3. The summed E-state index contributed by atoms with van der Waals surface area (Å²) in [5, 5.41) is 11.2. The SMILES string of the molecule is CC1(NCCO)C(F)=CC(N)=CC1F. The molecule has 2 unspecified atom stereocenters. The Balaban J connectivity index is 2.83. The second-order valence-electron chi connectivity index (χ2n) is 3.41. The number of alkyl halides is 1. The van der Waals surface area contributed by atoms with Gasteiger partial charge in [0.25, 0.3) is 0 Å². The van der Waals surface area contributed by atoms with E-state index in [9.17, 15) is 8.78 Å². The Hall–Kier alpha value is -0.940. The van der Waals surface area contributed by atoms with Crippen molar-refractivity contribution in [1.82, 2.24) is 5.32 Å². The van der Waals surface area contributed by atoms with Crippen LogP contribution in [-0.2, 0) is 0 Å². The van der Waals surface area contributed by atoms with Crippen LogP contribution in [0, 0.1) is 0 Å². The summed E-state index contributed by atoms with van der Waals surface area (Å²) in [7, 11) is 0. The number of aliphatic hydroxyl groups excluding tert-OH is 1. The third kappa shape index (κ3) is 1.93. The Bertz CT molecular complexity index is 278. The van der Waals surface area contributed by atoms with Crippen LogP contribution < -0.4 is 11.1 Å². The lowest BCUT2D eigenvalue weighted by atomic mass is 9.89. The summed E-state index contributed by atoms with van der Waals surface area (Å²) in [6.07, 6.45) is 0.701. The first-order valence-electron chi connectivity index (χ1n) is 4.35. The van der Waals surface area contributed by atoms with Crippen molar-refractivity contribution in [2.24, 2.45) is 5.73 Å². The molecule has 1 aliphatic rings. The zero-order valence-electron chi connectivity index (χ0n) is 7.93. The lowest BCUT2D eigenvalue weighted by Gasteiger charge is -2.33. The molecule has 0 aromatic carbocycles. The van der Waals surface area contributed by atoms with E-state index in [4.69, 9.17) is 10.8 Å². The monoisotopic (exact) mass is 204 g/mol. The molecule has 1 rings (SSSR count). The maximum absolute atomic E-state index is 13.5. The molecule has 0 aromatic rings. The summed E-state index contributed by atoms with van der Waals surface area (Å²) in [6, 6.07) is 0. The van der Waals surface area contributed by atoms with Gasteiger partial charge in [-0.05, 0) is 19.1 Å². The number of halogens is 2. The quantitative estimate of drug-likeness (QED) is 0.622. The lowest BCUT2D eigenvalue weighted by molar-refractivity contribution is 0.187. The largest absolute Gasteiger partial charge is 0.399 e. The van der Waals surface area contributed by atoms with Gasteiger partial charge in [-0.2, -0.15) is 0 Å². The molecule has 0 saturated carbocycles. The number of aliphatic hydroxyl groups is 1. The molecule has 0 radical (unpaired) electrons. The van der Waals surface area contributed by atoms with Gasteiger partial charge in [0, 0.05) is 12.2 Å². The van der Waals surface area contributed by atoms with E-state index in [1.807, 2.05) is 0 Å². The maximum atomic E-state index is 13.5. The van der Waals surface area contributed by atoms with Gasteiger partial charge in [-0.1, -0.05) is 0 Å². The molecule has 0 amide bonds. The van der Waals surface area contributed by atoms with Crippen molar-refractivity contribution in [3.8, 4) is 0 Å². The van der Waals surface area contributed by atoms with Crippen molar-refractivity contribution < 1.29 is 13.9 Å². The van der Waals surface area contributed by atoms with Crippen LogP contribution in [0.25, 0.3) is 0 Å². The van der Waals surface area contributed by atoms with Gasteiger partial charge in [0.2, 0.25) is 0 Å². The van der Waals surface area contributed by atoms with E-state index in [2.05, 4.69) is 5.32 Å². The van der Waals surface area contributed by atoms with Gasteiger partial charge in [0.15, 0.2) is 0 Å². The number of nitrogens with two attached hydrogens (primary N) is 1. The smallest absolute Gasteiger partial charge is 0.145 e. The molecule has 0 fully saturated rings. The van der Waals surface area contributed by atoms with E-state index >= 15 is 0 Å². The molecule has 1 aliphatic carbocycles. The van der Waals surface area contributed by atoms with Gasteiger partial charge in [-0.15, -0.1) is 0 Å². The van der Waals surface area contributed by atoms with Crippen LogP contribution in [0.15, 0.2) is 23.7 Å². The highest BCUT2D eigenvalue weighted by atomic mass is 19.1. The molecular weight excluding hydrogens is 190 g/mol. The Kier molecular flexibility index (Phi) is 3.23. The topological polar surface area (TPSA) is 58.3 Å². The fourth-order valence-corrected chi connectivity index (χ4v) is 1.31. The van der Waals surface area contributed by atoms with Crippen molar-refractivity contribution >= 4 is 0 Å². The average molecular weight is 204 g/mol. The second kappa shape index (κ2) is 4.06. The minimum Gasteiger partial charge on any atom is -0.399 e. The minimum absolute atomic E-state index is 0.0817. The highest BCUT2D eigenvalue weighted by Crippen LogP contribution is 2.30. The van der Waals surface area contributed by atoms with Crippen molar-refractivity contribution in [2.45, 2.75) is 18.6 Å². The summed E-state index contributed by atoms with van der Waals surface area (Å²) >= 11 is 0. The molecule has 2 atom stereocenters. The molecule has 80 valence electrons. The van der Waals surface area contributed by atoms with Crippen LogP contribution in [0.5, 0.6) is 0 Å². The van der Waals surface area contributed by atoms with Crippen LogP contribution in [0.2, 0.25) is 0 Å². The summed E-state index contributed by atoms with van der Waals surface area (Å²) in [6.45, 7) is 1.35. The lowest BCUT2D eigenvalue weighted by Crippen LogP contribution is -2.52. The van der Waals surface area contributed by atoms with Crippen molar-refractivity contribution in [3.63, 3.8) is 0 Å². The summed E-state index contributed by atoms with van der Waals surface area (Å²) in [4.78, 5) is 0. The molecule has 14 heavy (non-hydrogen) atoms. The molecule has 5 heteroatoms. The van der Waals surface area contributed by atoms with E-state index in [-0.39, 0.29) is 18.8 Å². The van der Waals surface area contributed by atoms with E-state index in [0.29, 0.717) is 0 Å². The van der Waals surface area contributed by atoms with E-state index in [0.717, 1.165) is 12.2 Å². The van der Waals surface area contributed by atoms with Gasteiger partial charge in [-0.25, -0.2) is 8.78 Å². The third-order valence-corrected chi connectivity index (χ3v) is 2.28. The number of nitrogens with one attached hydrogen (secondary N) is 1. The van der Waals surface area contributed by atoms with Gasteiger partial charge in [0.1, 0.15) is 17.5 Å². The molecule has 0 heterocycles. The number of allylic oxidation sites excluding steroid dienone is 1. The first-order valence-corrected chi connectivity index (χ1v) is 4.35. The van der Waals surface area contributed by atoms with Crippen molar-refractivity contribution in [2.75, 3.05) is 13.2 Å². The number of hydrogen-bond acceptors (Lipinski definition) is 3. The molecule has 0 aromatic heterocycles. The van der Waals surface area contributed by atoms with Crippen molar-refractivity contribution in [1.29, 1.82) is 0 Å². The molecule has 4 N–H and O–H groups in total. The number of rotatable bonds is 3. The summed E-state index contributed by atoms with van der Waals surface area (Å²) < 4.78 is 26.9. The van der Waals surface area contributed by atoms with Crippen LogP contribution in [0.1, 0.15) is 6.92 Å². The Morgan fingerprint density at radius 1 is 1.71 bits per heavy atom. The molecule has 0 saturated heterocycles. The van der Waals surface area contributed by atoms with Gasteiger partial charge < -0.3 is 16.2 Å². The molecule has 3 nitrogen and oxygen atoms in total. The zero-order chi connectivity index (χ0) is 10.8.